The zero-order valence-corrected chi connectivity index (χ0v) is 25.1. The van der Waals surface area contributed by atoms with Crippen LogP contribution in [0.3, 0.4) is 0 Å². The summed E-state index contributed by atoms with van der Waals surface area (Å²) in [5.74, 6) is 0. The summed E-state index contributed by atoms with van der Waals surface area (Å²) >= 11 is 0. The number of furan rings is 1. The number of para-hydroxylation sites is 1. The molecule has 216 valence electrons. The average molecular weight is 588 g/mol. The Kier molecular flexibility index (Phi) is 6.17. The third-order valence-corrected chi connectivity index (χ3v) is 8.99. The molecule has 0 saturated carbocycles. The van der Waals surface area contributed by atoms with Crippen LogP contribution in [-0.2, 0) is 0 Å². The van der Waals surface area contributed by atoms with Crippen LogP contribution in [0.25, 0.3) is 65.7 Å². The average Bonchev–Trinajstić information content (AvgIpc) is 3.50. The van der Waals surface area contributed by atoms with Gasteiger partial charge in [-0.15, -0.1) is 0 Å². The van der Waals surface area contributed by atoms with Gasteiger partial charge in [0, 0.05) is 27.8 Å². The molecule has 2 heteroatoms. The van der Waals surface area contributed by atoms with Crippen molar-refractivity contribution in [1.29, 1.82) is 0 Å². The van der Waals surface area contributed by atoms with E-state index in [4.69, 9.17) is 4.42 Å². The number of rotatable bonds is 5. The van der Waals surface area contributed by atoms with Crippen LogP contribution in [0.15, 0.2) is 180 Å². The maximum atomic E-state index is 6.20. The van der Waals surface area contributed by atoms with Gasteiger partial charge in [-0.2, -0.15) is 0 Å². The third kappa shape index (κ3) is 4.60. The van der Waals surface area contributed by atoms with Crippen molar-refractivity contribution in [3.8, 4) is 22.3 Å². The molecule has 8 aromatic carbocycles. The van der Waals surface area contributed by atoms with Gasteiger partial charge in [-0.1, -0.05) is 115 Å². The first-order valence-corrected chi connectivity index (χ1v) is 15.7. The minimum atomic E-state index is 0.890. The summed E-state index contributed by atoms with van der Waals surface area (Å²) in [6.45, 7) is 0. The van der Waals surface area contributed by atoms with Crippen molar-refractivity contribution in [2.24, 2.45) is 0 Å². The summed E-state index contributed by atoms with van der Waals surface area (Å²) in [6, 6.07) is 62.9. The highest BCUT2D eigenvalue weighted by Crippen LogP contribution is 2.41. The Hall–Kier alpha value is -6.12. The van der Waals surface area contributed by atoms with Gasteiger partial charge < -0.3 is 9.32 Å². The SMILES string of the molecule is c1ccc(-c2cccc(N(c3ccc4ccc(-c5ccc6ccccc6c5)cc4c3)c3ccc4oc5ccccc5c4c3)c2)cc1. The first kappa shape index (κ1) is 26.3. The molecular formula is C44H29NO. The van der Waals surface area contributed by atoms with Crippen LogP contribution in [0.5, 0.6) is 0 Å². The van der Waals surface area contributed by atoms with E-state index in [0.717, 1.165) is 39.0 Å². The topological polar surface area (TPSA) is 16.4 Å². The molecule has 0 atom stereocenters. The molecule has 2 nitrogen and oxygen atoms in total. The van der Waals surface area contributed by atoms with Gasteiger partial charge in [-0.05, 0) is 104 Å². The molecule has 46 heavy (non-hydrogen) atoms. The van der Waals surface area contributed by atoms with Crippen molar-refractivity contribution in [2.75, 3.05) is 4.90 Å². The van der Waals surface area contributed by atoms with Gasteiger partial charge in [0.25, 0.3) is 0 Å². The minimum Gasteiger partial charge on any atom is -0.456 e. The number of hydrogen-bond donors (Lipinski definition) is 0. The number of hydrogen-bond acceptors (Lipinski definition) is 2. The molecule has 9 aromatic rings. The van der Waals surface area contributed by atoms with Crippen LogP contribution >= 0.6 is 0 Å². The van der Waals surface area contributed by atoms with E-state index in [2.05, 4.69) is 169 Å². The van der Waals surface area contributed by atoms with Gasteiger partial charge in [-0.25, -0.2) is 0 Å². The highest BCUT2D eigenvalue weighted by molar-refractivity contribution is 6.06. The van der Waals surface area contributed by atoms with E-state index in [1.165, 1.54) is 43.8 Å². The van der Waals surface area contributed by atoms with Crippen molar-refractivity contribution in [3.05, 3.63) is 176 Å². The Morgan fingerprint density at radius 2 is 0.891 bits per heavy atom. The number of nitrogens with zero attached hydrogens (tertiary/aromatic N) is 1. The molecule has 0 aliphatic carbocycles. The Labute approximate surface area is 267 Å². The number of anilines is 3. The van der Waals surface area contributed by atoms with Crippen LogP contribution in [-0.4, -0.2) is 0 Å². The first-order chi connectivity index (χ1) is 22.8. The smallest absolute Gasteiger partial charge is 0.135 e. The maximum Gasteiger partial charge on any atom is 0.135 e. The third-order valence-electron chi connectivity index (χ3n) is 8.99. The molecule has 9 rings (SSSR count). The van der Waals surface area contributed by atoms with Crippen LogP contribution < -0.4 is 4.90 Å². The predicted octanol–water partition coefficient (Wildman–Crippen LogP) is 12.7. The fourth-order valence-corrected chi connectivity index (χ4v) is 6.68. The zero-order chi connectivity index (χ0) is 30.5. The Bertz CT molecular complexity index is 2540. The highest BCUT2D eigenvalue weighted by atomic mass is 16.3. The van der Waals surface area contributed by atoms with Gasteiger partial charge >= 0.3 is 0 Å². The molecule has 0 unspecified atom stereocenters. The van der Waals surface area contributed by atoms with E-state index >= 15 is 0 Å². The molecule has 0 amide bonds. The quantitative estimate of drug-likeness (QED) is 0.199. The van der Waals surface area contributed by atoms with E-state index in [1.807, 2.05) is 12.1 Å². The van der Waals surface area contributed by atoms with Crippen LogP contribution in [0.4, 0.5) is 17.1 Å². The van der Waals surface area contributed by atoms with Crippen LogP contribution in [0.1, 0.15) is 0 Å². The largest absolute Gasteiger partial charge is 0.456 e. The molecule has 0 N–H and O–H groups in total. The Morgan fingerprint density at radius 3 is 1.76 bits per heavy atom. The summed E-state index contributed by atoms with van der Waals surface area (Å²) in [6.07, 6.45) is 0. The van der Waals surface area contributed by atoms with Crippen molar-refractivity contribution in [1.82, 2.24) is 0 Å². The Balaban J connectivity index is 1.22. The van der Waals surface area contributed by atoms with Gasteiger partial charge in [-0.3, -0.25) is 0 Å². The van der Waals surface area contributed by atoms with E-state index in [0.29, 0.717) is 0 Å². The van der Waals surface area contributed by atoms with Crippen molar-refractivity contribution in [3.63, 3.8) is 0 Å². The van der Waals surface area contributed by atoms with E-state index < -0.39 is 0 Å². The zero-order valence-electron chi connectivity index (χ0n) is 25.1. The molecular weight excluding hydrogens is 558 g/mol. The summed E-state index contributed by atoms with van der Waals surface area (Å²) < 4.78 is 6.20. The monoisotopic (exact) mass is 587 g/mol. The summed E-state index contributed by atoms with van der Waals surface area (Å²) in [5.41, 5.74) is 9.86. The van der Waals surface area contributed by atoms with E-state index in [-0.39, 0.29) is 0 Å². The van der Waals surface area contributed by atoms with Gasteiger partial charge in [0.1, 0.15) is 11.2 Å². The lowest BCUT2D eigenvalue weighted by molar-refractivity contribution is 0.669. The minimum absolute atomic E-state index is 0.890. The van der Waals surface area contributed by atoms with Gasteiger partial charge in [0.2, 0.25) is 0 Å². The maximum absolute atomic E-state index is 6.20. The van der Waals surface area contributed by atoms with Crippen LogP contribution in [0.2, 0.25) is 0 Å². The van der Waals surface area contributed by atoms with Crippen molar-refractivity contribution >= 4 is 60.5 Å². The molecule has 1 aromatic heterocycles. The second kappa shape index (κ2) is 10.8. The molecule has 0 aliphatic rings. The Morgan fingerprint density at radius 1 is 0.304 bits per heavy atom. The van der Waals surface area contributed by atoms with E-state index in [1.54, 1.807) is 0 Å². The molecule has 0 bridgehead atoms. The van der Waals surface area contributed by atoms with Crippen molar-refractivity contribution in [2.45, 2.75) is 0 Å². The van der Waals surface area contributed by atoms with Crippen LogP contribution in [0, 0.1) is 0 Å². The fraction of sp³-hybridized carbons (Fsp3) is 0. The van der Waals surface area contributed by atoms with E-state index in [9.17, 15) is 0 Å². The molecule has 0 aliphatic heterocycles. The van der Waals surface area contributed by atoms with Gasteiger partial charge in [0.15, 0.2) is 0 Å². The molecule has 0 fully saturated rings. The second-order valence-electron chi connectivity index (χ2n) is 11.8. The number of fused-ring (bicyclic) bond motifs is 5. The lowest BCUT2D eigenvalue weighted by atomic mass is 9.98. The molecule has 1 heterocycles. The molecule has 0 spiro atoms. The van der Waals surface area contributed by atoms with Crippen molar-refractivity contribution < 1.29 is 4.42 Å². The summed E-state index contributed by atoms with van der Waals surface area (Å²) in [7, 11) is 0. The first-order valence-electron chi connectivity index (χ1n) is 15.7. The molecule has 0 saturated heterocycles. The number of benzene rings is 8. The lowest BCUT2D eigenvalue weighted by Gasteiger charge is -2.26. The fourth-order valence-electron chi connectivity index (χ4n) is 6.68. The molecule has 0 radical (unpaired) electrons. The highest BCUT2D eigenvalue weighted by Gasteiger charge is 2.17. The summed E-state index contributed by atoms with van der Waals surface area (Å²) in [5, 5.41) is 7.14. The van der Waals surface area contributed by atoms with Gasteiger partial charge in [0.05, 0.1) is 0 Å². The normalized spacial score (nSPS) is 11.5. The summed E-state index contributed by atoms with van der Waals surface area (Å²) in [4.78, 5) is 2.36. The standard InChI is InChI=1S/C44H29NO/c1-2-9-30(10-3-1)34-13-8-14-38(27-34)45(40-23-24-44-42(29-40)41-15-6-7-16-43(41)46-44)39-22-21-32-18-20-36(26-37(32)28-39)35-19-17-31-11-4-5-12-33(31)25-35/h1-29H. The lowest BCUT2D eigenvalue weighted by Crippen LogP contribution is -2.10. The predicted molar refractivity (Wildman–Crippen MR) is 194 cm³/mol. The second-order valence-corrected chi connectivity index (χ2v) is 11.8.